The summed E-state index contributed by atoms with van der Waals surface area (Å²) in [7, 11) is 0. The Labute approximate surface area is 118 Å². The molecule has 0 amide bonds. The van der Waals surface area contributed by atoms with Gasteiger partial charge in [-0.2, -0.15) is 0 Å². The van der Waals surface area contributed by atoms with E-state index in [0.717, 1.165) is 19.4 Å². The molecule has 2 fully saturated rings. The van der Waals surface area contributed by atoms with Crippen LogP contribution >= 0.6 is 0 Å². The molecule has 2 nitrogen and oxygen atoms in total. The van der Waals surface area contributed by atoms with Gasteiger partial charge in [0.05, 0.1) is 5.54 Å². The first-order valence-electron chi connectivity index (χ1n) is 7.99. The first-order valence-corrected chi connectivity index (χ1v) is 7.99. The van der Waals surface area contributed by atoms with Gasteiger partial charge >= 0.3 is 0 Å². The van der Waals surface area contributed by atoms with Crippen LogP contribution in [0.5, 0.6) is 0 Å². The normalized spacial score (nSPS) is 37.5. The maximum atomic E-state index is 13.0. The van der Waals surface area contributed by atoms with E-state index in [4.69, 9.17) is 0 Å². The van der Waals surface area contributed by atoms with E-state index in [-0.39, 0.29) is 16.9 Å². The predicted molar refractivity (Wildman–Crippen MR) is 80.2 cm³/mol. The molecule has 0 N–H and O–H groups in total. The smallest absolute Gasteiger partial charge is 0.156 e. The quantitative estimate of drug-likeness (QED) is 0.717. The van der Waals surface area contributed by atoms with Crippen LogP contribution in [0.25, 0.3) is 0 Å². The van der Waals surface area contributed by atoms with Crippen LogP contribution in [0.3, 0.4) is 0 Å². The van der Waals surface area contributed by atoms with E-state index in [1.807, 2.05) is 0 Å². The lowest BCUT2D eigenvalue weighted by Gasteiger charge is -2.57. The van der Waals surface area contributed by atoms with Gasteiger partial charge in [0.15, 0.2) is 5.78 Å². The molecule has 2 rings (SSSR count). The van der Waals surface area contributed by atoms with E-state index in [0.29, 0.717) is 17.7 Å². The number of carbonyl (C=O) groups is 1. The third-order valence-electron chi connectivity index (χ3n) is 5.47. The zero-order valence-corrected chi connectivity index (χ0v) is 13.6. The molecule has 3 atom stereocenters. The minimum atomic E-state index is -0.191. The van der Waals surface area contributed by atoms with Crippen molar-refractivity contribution in [3.05, 3.63) is 0 Å². The Morgan fingerprint density at radius 2 is 1.89 bits per heavy atom. The second-order valence-corrected chi connectivity index (χ2v) is 8.26. The van der Waals surface area contributed by atoms with E-state index in [1.165, 1.54) is 12.8 Å². The van der Waals surface area contributed by atoms with Gasteiger partial charge in [-0.3, -0.25) is 9.69 Å². The molecule has 0 spiro atoms. The fraction of sp³-hybridized carbons (Fsp3) is 0.941. The highest BCUT2D eigenvalue weighted by Crippen LogP contribution is 2.46. The Hall–Kier alpha value is -0.370. The van der Waals surface area contributed by atoms with Crippen LogP contribution in [-0.4, -0.2) is 28.8 Å². The lowest BCUT2D eigenvalue weighted by molar-refractivity contribution is -0.154. The van der Waals surface area contributed by atoms with Crippen molar-refractivity contribution in [1.82, 2.24) is 4.90 Å². The second kappa shape index (κ2) is 4.87. The van der Waals surface area contributed by atoms with Gasteiger partial charge in [0.2, 0.25) is 0 Å². The summed E-state index contributed by atoms with van der Waals surface area (Å²) < 4.78 is 0. The summed E-state index contributed by atoms with van der Waals surface area (Å²) in [4.78, 5) is 15.5. The Morgan fingerprint density at radius 3 is 2.42 bits per heavy atom. The second-order valence-electron chi connectivity index (χ2n) is 8.26. The zero-order valence-electron chi connectivity index (χ0n) is 13.6. The van der Waals surface area contributed by atoms with Gasteiger partial charge < -0.3 is 0 Å². The summed E-state index contributed by atoms with van der Waals surface area (Å²) in [6.07, 6.45) is 4.57. The van der Waals surface area contributed by atoms with Gasteiger partial charge in [0, 0.05) is 12.0 Å². The minimum absolute atomic E-state index is 0.191. The van der Waals surface area contributed by atoms with Crippen molar-refractivity contribution in [3.8, 4) is 0 Å². The Bertz CT molecular complexity index is 355. The van der Waals surface area contributed by atoms with Crippen LogP contribution in [0.1, 0.15) is 67.2 Å². The topological polar surface area (TPSA) is 20.3 Å². The van der Waals surface area contributed by atoms with Crippen molar-refractivity contribution < 1.29 is 4.79 Å². The van der Waals surface area contributed by atoms with Crippen molar-refractivity contribution in [3.63, 3.8) is 0 Å². The average Bonchev–Trinajstić information content (AvgIpc) is 2.28. The van der Waals surface area contributed by atoms with Gasteiger partial charge in [-0.25, -0.2) is 0 Å². The number of rotatable bonds is 1. The molecule has 0 aromatic carbocycles. The minimum Gasteiger partial charge on any atom is -0.297 e. The van der Waals surface area contributed by atoms with Crippen LogP contribution < -0.4 is 0 Å². The molecule has 0 aromatic rings. The third-order valence-corrected chi connectivity index (χ3v) is 5.47. The SMILES string of the molecule is CC(C)C1CC(C(C)(C)C)N2CCCCC2(C)C1=O. The molecular weight excluding hydrogens is 234 g/mol. The standard InChI is InChI=1S/C17H31NO/c1-12(2)13-11-14(16(3,4)5)18-10-8-7-9-17(18,6)15(13)19/h12-14H,7-11H2,1-6H3. The number of piperidine rings is 2. The fourth-order valence-corrected chi connectivity index (χ4v) is 4.18. The Kier molecular flexibility index (Phi) is 3.85. The molecule has 2 heteroatoms. The Morgan fingerprint density at radius 1 is 1.26 bits per heavy atom. The summed E-state index contributed by atoms with van der Waals surface area (Å²) in [5.41, 5.74) is 0.0653. The molecule has 2 saturated heterocycles. The molecule has 2 heterocycles. The molecule has 110 valence electrons. The van der Waals surface area contributed by atoms with Crippen molar-refractivity contribution in [1.29, 1.82) is 0 Å². The van der Waals surface area contributed by atoms with E-state index in [1.54, 1.807) is 0 Å². The lowest BCUT2D eigenvalue weighted by Crippen LogP contribution is -2.67. The lowest BCUT2D eigenvalue weighted by atomic mass is 9.65. The van der Waals surface area contributed by atoms with Gasteiger partial charge in [0.1, 0.15) is 0 Å². The number of hydrogen-bond donors (Lipinski definition) is 0. The maximum absolute atomic E-state index is 13.0. The Balaban J connectivity index is 2.39. The van der Waals surface area contributed by atoms with Crippen molar-refractivity contribution in [2.45, 2.75) is 78.8 Å². The molecule has 0 aromatic heterocycles. The summed E-state index contributed by atoms with van der Waals surface area (Å²) in [6.45, 7) is 14.7. The predicted octanol–water partition coefficient (Wildman–Crippen LogP) is 3.89. The van der Waals surface area contributed by atoms with E-state index >= 15 is 0 Å². The summed E-state index contributed by atoms with van der Waals surface area (Å²) in [6, 6.07) is 0.544. The highest BCUT2D eigenvalue weighted by atomic mass is 16.1. The fourth-order valence-electron chi connectivity index (χ4n) is 4.18. The molecule has 3 unspecified atom stereocenters. The highest BCUT2D eigenvalue weighted by molar-refractivity contribution is 5.91. The van der Waals surface area contributed by atoms with Crippen LogP contribution in [0, 0.1) is 17.3 Å². The molecule has 0 radical (unpaired) electrons. The van der Waals surface area contributed by atoms with Gasteiger partial charge in [-0.05, 0) is 50.5 Å². The van der Waals surface area contributed by atoms with Crippen molar-refractivity contribution >= 4 is 5.78 Å². The van der Waals surface area contributed by atoms with Crippen LogP contribution in [0.4, 0.5) is 0 Å². The molecular formula is C17H31NO. The molecule has 2 aliphatic rings. The van der Waals surface area contributed by atoms with Crippen molar-refractivity contribution in [2.75, 3.05) is 6.54 Å². The number of ketones is 1. The van der Waals surface area contributed by atoms with Gasteiger partial charge in [-0.1, -0.05) is 34.6 Å². The number of carbonyl (C=O) groups excluding carboxylic acids is 1. The molecule has 0 bridgehead atoms. The zero-order chi connectivity index (χ0) is 14.4. The first kappa shape index (κ1) is 15.0. The number of fused-ring (bicyclic) bond motifs is 1. The molecule has 0 saturated carbocycles. The number of nitrogens with zero attached hydrogens (tertiary/aromatic N) is 1. The van der Waals surface area contributed by atoms with E-state index in [2.05, 4.69) is 46.4 Å². The average molecular weight is 265 g/mol. The summed E-state index contributed by atoms with van der Waals surface area (Å²) in [5.74, 6) is 1.24. The van der Waals surface area contributed by atoms with Crippen LogP contribution in [0.15, 0.2) is 0 Å². The molecule has 2 aliphatic heterocycles. The first-order chi connectivity index (χ1) is 8.68. The summed E-state index contributed by atoms with van der Waals surface area (Å²) >= 11 is 0. The number of hydrogen-bond acceptors (Lipinski definition) is 2. The monoisotopic (exact) mass is 265 g/mol. The molecule has 0 aliphatic carbocycles. The third kappa shape index (κ3) is 2.49. The van der Waals surface area contributed by atoms with E-state index in [9.17, 15) is 4.79 Å². The highest BCUT2D eigenvalue weighted by Gasteiger charge is 2.53. The van der Waals surface area contributed by atoms with Gasteiger partial charge in [0.25, 0.3) is 0 Å². The maximum Gasteiger partial charge on any atom is 0.156 e. The number of Topliss-reactive ketones (excluding diaryl/α,β-unsaturated/α-hetero) is 1. The van der Waals surface area contributed by atoms with Gasteiger partial charge in [-0.15, -0.1) is 0 Å². The molecule has 19 heavy (non-hydrogen) atoms. The van der Waals surface area contributed by atoms with E-state index < -0.39 is 0 Å². The van der Waals surface area contributed by atoms with Crippen LogP contribution in [-0.2, 0) is 4.79 Å². The van der Waals surface area contributed by atoms with Crippen molar-refractivity contribution in [2.24, 2.45) is 17.3 Å². The van der Waals surface area contributed by atoms with Crippen LogP contribution in [0.2, 0.25) is 0 Å². The summed E-state index contributed by atoms with van der Waals surface area (Å²) in [5, 5.41) is 0. The largest absolute Gasteiger partial charge is 0.297 e.